The van der Waals surface area contributed by atoms with E-state index in [1.165, 1.54) is 25.7 Å². The van der Waals surface area contributed by atoms with Crippen LogP contribution in [0.15, 0.2) is 0 Å². The van der Waals surface area contributed by atoms with E-state index in [4.69, 9.17) is 5.21 Å². The molecule has 1 saturated heterocycles. The summed E-state index contributed by atoms with van der Waals surface area (Å²) in [5, 5.41) is 20.2. The summed E-state index contributed by atoms with van der Waals surface area (Å²) in [6.45, 7) is 2.56. The molecule has 0 aliphatic carbocycles. The number of hydrogen-bond donors (Lipinski definition) is 1. The molecule has 0 spiro atoms. The van der Waals surface area contributed by atoms with E-state index in [2.05, 4.69) is 6.92 Å². The minimum absolute atomic E-state index is 0.363. The van der Waals surface area contributed by atoms with Crippen molar-refractivity contribution >= 4 is 11.9 Å². The van der Waals surface area contributed by atoms with Crippen LogP contribution in [0, 0.1) is 11.1 Å². The van der Waals surface area contributed by atoms with Gasteiger partial charge in [0.15, 0.2) is 0 Å². The zero-order chi connectivity index (χ0) is 9.73. The van der Waals surface area contributed by atoms with Crippen LogP contribution in [0.2, 0.25) is 0 Å². The van der Waals surface area contributed by atoms with Gasteiger partial charge in [0.25, 0.3) is 0 Å². The highest BCUT2D eigenvalue weighted by molar-refractivity contribution is 7.93. The molecule has 1 aliphatic rings. The minimum atomic E-state index is -1.08. The highest BCUT2D eigenvalue weighted by Crippen LogP contribution is 2.31. The Morgan fingerprint density at radius 2 is 2.31 bits per heavy atom. The van der Waals surface area contributed by atoms with E-state index in [1.807, 2.05) is 0 Å². The maximum absolute atomic E-state index is 11.1. The summed E-state index contributed by atoms with van der Waals surface area (Å²) in [4.78, 5) is 0. The molecule has 1 rings (SSSR count). The van der Waals surface area contributed by atoms with E-state index in [-0.39, 0.29) is 0 Å². The molecule has 1 N–H and O–H groups in total. The molecule has 1 fully saturated rings. The summed E-state index contributed by atoms with van der Waals surface area (Å²) in [6.07, 6.45) is 5.92. The topological polar surface area (TPSA) is 43.3 Å². The molecule has 0 aromatic rings. The van der Waals surface area contributed by atoms with E-state index in [0.717, 1.165) is 24.1 Å². The molecule has 0 aromatic carbocycles. The molecule has 0 amide bonds. The van der Waals surface area contributed by atoms with Crippen molar-refractivity contribution in [3.05, 3.63) is 5.21 Å². The third kappa shape index (κ3) is 4.31. The Morgan fingerprint density at radius 3 is 2.85 bits per heavy atom. The first kappa shape index (κ1) is 11.3. The summed E-state index contributed by atoms with van der Waals surface area (Å²) in [5.41, 5.74) is 0. The molecule has 0 aromatic heterocycles. The predicted molar refractivity (Wildman–Crippen MR) is 55.0 cm³/mol. The van der Waals surface area contributed by atoms with E-state index < -0.39 is 4.21 Å². The van der Waals surface area contributed by atoms with Crippen LogP contribution in [0.4, 0.5) is 0 Å². The quantitative estimate of drug-likeness (QED) is 0.332. The molecular formula is C9H19NO2S. The van der Waals surface area contributed by atoms with Gasteiger partial charge < -0.3 is 5.21 Å². The van der Waals surface area contributed by atoms with Crippen molar-refractivity contribution in [1.82, 2.24) is 0 Å². The van der Waals surface area contributed by atoms with Gasteiger partial charge in [0.05, 0.1) is 5.75 Å². The number of rotatable bonds is 4. The van der Waals surface area contributed by atoms with Gasteiger partial charge in [-0.15, -0.1) is 0 Å². The maximum Gasteiger partial charge on any atom is 0.120 e. The van der Waals surface area contributed by atoms with Gasteiger partial charge in [-0.3, -0.25) is 0 Å². The van der Waals surface area contributed by atoms with Gasteiger partial charge in [-0.05, 0) is 12.3 Å². The lowest BCUT2D eigenvalue weighted by atomic mass is 10.00. The number of unbranched alkanes of at least 4 members (excludes halogenated alkanes) is 2. The molecule has 1 aliphatic heterocycles. The number of hydrogen-bond acceptors (Lipinski definition) is 3. The Morgan fingerprint density at radius 1 is 1.54 bits per heavy atom. The smallest absolute Gasteiger partial charge is 0.120 e. The summed E-state index contributed by atoms with van der Waals surface area (Å²) in [7, 11) is 0. The fraction of sp³-hybridized carbons (Fsp3) is 1.00. The van der Waals surface area contributed by atoms with Crippen molar-refractivity contribution in [1.29, 1.82) is 0 Å². The molecule has 1 heterocycles. The third-order valence-corrected chi connectivity index (χ3v) is 3.75. The molecule has 3 nitrogen and oxygen atoms in total. The van der Waals surface area contributed by atoms with E-state index in [9.17, 15) is 5.21 Å². The minimum Gasteiger partial charge on any atom is -0.586 e. The molecule has 4 heteroatoms. The zero-order valence-corrected chi connectivity index (χ0v) is 9.05. The third-order valence-electron chi connectivity index (χ3n) is 2.55. The fourth-order valence-corrected chi connectivity index (χ4v) is 2.64. The monoisotopic (exact) mass is 205 g/mol. The predicted octanol–water partition coefficient (Wildman–Crippen LogP) is 2.94. The van der Waals surface area contributed by atoms with E-state index in [0.29, 0.717) is 12.5 Å². The van der Waals surface area contributed by atoms with Gasteiger partial charge in [-0.1, -0.05) is 26.2 Å². The zero-order valence-electron chi connectivity index (χ0n) is 8.24. The van der Waals surface area contributed by atoms with E-state index >= 15 is 0 Å². The lowest BCUT2D eigenvalue weighted by Gasteiger charge is -2.36. The molecule has 13 heavy (non-hydrogen) atoms. The molecule has 78 valence electrons. The van der Waals surface area contributed by atoms with Crippen LogP contribution in [0.5, 0.6) is 0 Å². The normalized spacial score (nSPS) is 34.8. The summed E-state index contributed by atoms with van der Waals surface area (Å²) in [6, 6.07) is 0. The molecule has 0 bridgehead atoms. The van der Waals surface area contributed by atoms with Gasteiger partial charge in [0, 0.05) is 6.42 Å². The lowest BCUT2D eigenvalue weighted by Crippen LogP contribution is -2.38. The second kappa shape index (κ2) is 5.20. The van der Waals surface area contributed by atoms with Crippen molar-refractivity contribution in [3.63, 3.8) is 0 Å². The average molecular weight is 205 g/mol. The molecule has 0 radical (unpaired) electrons. The first-order valence-corrected chi connectivity index (χ1v) is 6.04. The van der Waals surface area contributed by atoms with Gasteiger partial charge >= 0.3 is 0 Å². The van der Waals surface area contributed by atoms with Gasteiger partial charge in [0.1, 0.15) is 18.5 Å². The van der Waals surface area contributed by atoms with Gasteiger partial charge in [-0.2, -0.15) is 4.21 Å². The standard InChI is InChI=1S/C9H19NO2S/c1-2-3-4-5-9-6-7-10(11,12)13-8-9/h9,11H,2-8H2,1H3. The lowest BCUT2D eigenvalue weighted by molar-refractivity contribution is -0.952. The highest BCUT2D eigenvalue weighted by atomic mass is 32.2. The number of hydroxylamine groups is 2. The largest absolute Gasteiger partial charge is 0.586 e. The highest BCUT2D eigenvalue weighted by Gasteiger charge is 2.27. The van der Waals surface area contributed by atoms with Gasteiger partial charge in [0.2, 0.25) is 0 Å². The van der Waals surface area contributed by atoms with Crippen LogP contribution in [-0.2, 0) is 0 Å². The van der Waals surface area contributed by atoms with Crippen LogP contribution in [0.25, 0.3) is 0 Å². The molecule has 0 saturated carbocycles. The Hall–Kier alpha value is 0.230. The second-order valence-corrected chi connectivity index (χ2v) is 4.97. The Bertz CT molecular complexity index is 143. The summed E-state index contributed by atoms with van der Waals surface area (Å²) in [5.74, 6) is 1.48. The van der Waals surface area contributed by atoms with Crippen LogP contribution < -0.4 is 0 Å². The summed E-state index contributed by atoms with van der Waals surface area (Å²) >= 11 is 1.12. The fourth-order valence-electron chi connectivity index (χ4n) is 1.63. The van der Waals surface area contributed by atoms with Crippen LogP contribution in [0.3, 0.4) is 0 Å². The average Bonchev–Trinajstić information content (AvgIpc) is 2.08. The van der Waals surface area contributed by atoms with Crippen LogP contribution >= 0.6 is 11.9 Å². The Kier molecular flexibility index (Phi) is 4.52. The van der Waals surface area contributed by atoms with Crippen molar-refractivity contribution < 1.29 is 9.42 Å². The Balaban J connectivity index is 2.11. The summed E-state index contributed by atoms with van der Waals surface area (Å²) < 4.78 is -1.08. The van der Waals surface area contributed by atoms with Gasteiger partial charge in [-0.25, -0.2) is 5.21 Å². The van der Waals surface area contributed by atoms with Crippen LogP contribution in [0.1, 0.15) is 39.0 Å². The second-order valence-electron chi connectivity index (χ2n) is 3.81. The van der Waals surface area contributed by atoms with Crippen LogP contribution in [-0.4, -0.2) is 21.7 Å². The number of quaternary nitrogens is 1. The van der Waals surface area contributed by atoms with Crippen molar-refractivity contribution in [2.75, 3.05) is 12.3 Å². The van der Waals surface area contributed by atoms with Crippen molar-refractivity contribution in [2.45, 2.75) is 39.0 Å². The molecule has 2 atom stereocenters. The molecule has 2 unspecified atom stereocenters. The maximum atomic E-state index is 11.1. The van der Waals surface area contributed by atoms with E-state index in [1.54, 1.807) is 0 Å². The molecular weight excluding hydrogens is 186 g/mol. The van der Waals surface area contributed by atoms with Crippen molar-refractivity contribution in [2.24, 2.45) is 5.92 Å². The van der Waals surface area contributed by atoms with Crippen molar-refractivity contribution in [3.8, 4) is 0 Å². The Labute approximate surface area is 84.4 Å². The SMILES string of the molecule is CCCCCC1CC[N+]([O-])(O)SC1. The number of nitrogens with zero attached hydrogens (tertiary/aromatic N) is 1. The first-order chi connectivity index (χ1) is 6.14. The first-order valence-electron chi connectivity index (χ1n) is 5.10.